The lowest BCUT2D eigenvalue weighted by atomic mass is 9.99. The number of hydrogen-bond acceptors (Lipinski definition) is 3. The van der Waals surface area contributed by atoms with Gasteiger partial charge in [0.15, 0.2) is 0 Å². The van der Waals surface area contributed by atoms with E-state index in [4.69, 9.17) is 5.73 Å². The van der Waals surface area contributed by atoms with Crippen molar-refractivity contribution in [2.45, 2.75) is 26.0 Å². The Morgan fingerprint density at radius 2 is 2.25 bits per heavy atom. The molecule has 0 saturated carbocycles. The van der Waals surface area contributed by atoms with Crippen molar-refractivity contribution in [2.24, 2.45) is 5.73 Å². The number of aromatic nitrogens is 1. The van der Waals surface area contributed by atoms with Gasteiger partial charge in [-0.1, -0.05) is 0 Å². The summed E-state index contributed by atoms with van der Waals surface area (Å²) in [5.41, 5.74) is 6.25. The highest BCUT2D eigenvalue weighted by atomic mass is 16.3. The van der Waals surface area contributed by atoms with Gasteiger partial charge in [0, 0.05) is 12.7 Å². The topological polar surface area (TPSA) is 59.1 Å². The molecule has 0 spiro atoms. The van der Waals surface area contributed by atoms with Crippen molar-refractivity contribution < 1.29 is 5.11 Å². The summed E-state index contributed by atoms with van der Waals surface area (Å²) in [4.78, 5) is 4.04. The predicted molar refractivity (Wildman–Crippen MR) is 47.4 cm³/mol. The maximum absolute atomic E-state index is 9.64. The van der Waals surface area contributed by atoms with Crippen LogP contribution in [0.4, 0.5) is 0 Å². The molecule has 66 valence electrons. The zero-order chi connectivity index (χ0) is 9.19. The minimum atomic E-state index is -0.813. The van der Waals surface area contributed by atoms with Crippen LogP contribution < -0.4 is 5.73 Å². The van der Waals surface area contributed by atoms with E-state index in [-0.39, 0.29) is 0 Å². The van der Waals surface area contributed by atoms with E-state index in [1.807, 2.05) is 6.07 Å². The van der Waals surface area contributed by atoms with E-state index in [1.165, 1.54) is 0 Å². The Morgan fingerprint density at radius 1 is 1.58 bits per heavy atom. The fraction of sp³-hybridized carbons (Fsp3) is 0.444. The average molecular weight is 166 g/mol. The first-order valence-electron chi connectivity index (χ1n) is 3.92. The van der Waals surface area contributed by atoms with Crippen molar-refractivity contribution in [2.75, 3.05) is 0 Å². The molecule has 0 aromatic carbocycles. The molecule has 0 aliphatic rings. The van der Waals surface area contributed by atoms with Crippen LogP contribution in [0.2, 0.25) is 0 Å². The molecule has 1 aromatic heterocycles. The van der Waals surface area contributed by atoms with Gasteiger partial charge in [0.05, 0.1) is 11.3 Å². The van der Waals surface area contributed by atoms with Crippen molar-refractivity contribution >= 4 is 0 Å². The molecule has 3 nitrogen and oxygen atoms in total. The highest BCUT2D eigenvalue weighted by molar-refractivity contribution is 5.21. The summed E-state index contributed by atoms with van der Waals surface area (Å²) in [6.45, 7) is 3.88. The standard InChI is InChI=1S/C9H14N2O/c1-9(2,12)7-3-4-11-8(5-7)6-10/h3-5,12H,6,10H2,1-2H3. The molecule has 1 aromatic rings. The molecular formula is C9H14N2O. The van der Waals surface area contributed by atoms with Crippen molar-refractivity contribution in [3.05, 3.63) is 29.6 Å². The van der Waals surface area contributed by atoms with Gasteiger partial charge in [0.1, 0.15) is 0 Å². The molecule has 3 heteroatoms. The van der Waals surface area contributed by atoms with Gasteiger partial charge in [-0.3, -0.25) is 4.98 Å². The number of aliphatic hydroxyl groups is 1. The zero-order valence-electron chi connectivity index (χ0n) is 7.41. The van der Waals surface area contributed by atoms with Crippen molar-refractivity contribution in [3.8, 4) is 0 Å². The maximum atomic E-state index is 9.64. The highest BCUT2D eigenvalue weighted by Gasteiger charge is 2.15. The first-order valence-corrected chi connectivity index (χ1v) is 3.92. The largest absolute Gasteiger partial charge is 0.386 e. The number of rotatable bonds is 2. The zero-order valence-corrected chi connectivity index (χ0v) is 7.41. The monoisotopic (exact) mass is 166 g/mol. The summed E-state index contributed by atoms with van der Waals surface area (Å²) in [5.74, 6) is 0. The van der Waals surface area contributed by atoms with Gasteiger partial charge in [-0.15, -0.1) is 0 Å². The van der Waals surface area contributed by atoms with E-state index in [0.29, 0.717) is 6.54 Å². The first kappa shape index (κ1) is 9.16. The Morgan fingerprint density at radius 3 is 2.75 bits per heavy atom. The molecule has 0 radical (unpaired) electrons. The van der Waals surface area contributed by atoms with E-state index >= 15 is 0 Å². The number of nitrogens with two attached hydrogens (primary N) is 1. The summed E-state index contributed by atoms with van der Waals surface area (Å²) in [6.07, 6.45) is 1.66. The lowest BCUT2D eigenvalue weighted by Gasteiger charge is -2.17. The van der Waals surface area contributed by atoms with Crippen LogP contribution in [0.1, 0.15) is 25.1 Å². The van der Waals surface area contributed by atoms with Gasteiger partial charge in [-0.05, 0) is 31.5 Å². The summed E-state index contributed by atoms with van der Waals surface area (Å²) in [6, 6.07) is 3.61. The van der Waals surface area contributed by atoms with Crippen molar-refractivity contribution in [3.63, 3.8) is 0 Å². The molecule has 0 bridgehead atoms. The van der Waals surface area contributed by atoms with Crippen molar-refractivity contribution in [1.82, 2.24) is 4.98 Å². The van der Waals surface area contributed by atoms with E-state index in [2.05, 4.69) is 4.98 Å². The van der Waals surface area contributed by atoms with Crippen LogP contribution in [-0.2, 0) is 12.1 Å². The molecule has 1 heterocycles. The summed E-state index contributed by atoms with van der Waals surface area (Å²) in [5, 5.41) is 9.64. The fourth-order valence-electron chi connectivity index (χ4n) is 0.970. The summed E-state index contributed by atoms with van der Waals surface area (Å²) < 4.78 is 0. The Bertz CT molecular complexity index is 265. The third-order valence-corrected chi connectivity index (χ3v) is 1.73. The second kappa shape index (κ2) is 3.21. The number of nitrogens with zero attached hydrogens (tertiary/aromatic N) is 1. The molecular weight excluding hydrogens is 152 g/mol. The Labute approximate surface area is 72.2 Å². The summed E-state index contributed by atoms with van der Waals surface area (Å²) in [7, 11) is 0. The Kier molecular flexibility index (Phi) is 2.45. The van der Waals surface area contributed by atoms with E-state index < -0.39 is 5.60 Å². The molecule has 0 unspecified atom stereocenters. The lowest BCUT2D eigenvalue weighted by Crippen LogP contribution is -2.16. The quantitative estimate of drug-likeness (QED) is 0.682. The molecule has 0 saturated heterocycles. The number of hydrogen-bond donors (Lipinski definition) is 2. The molecule has 0 aliphatic heterocycles. The van der Waals surface area contributed by atoms with Gasteiger partial charge in [-0.25, -0.2) is 0 Å². The van der Waals surface area contributed by atoms with E-state index in [9.17, 15) is 5.11 Å². The molecule has 0 fully saturated rings. The third kappa shape index (κ3) is 2.03. The summed E-state index contributed by atoms with van der Waals surface area (Å²) >= 11 is 0. The average Bonchev–Trinajstić information content (AvgIpc) is 2.03. The fourth-order valence-corrected chi connectivity index (χ4v) is 0.970. The SMILES string of the molecule is CC(C)(O)c1ccnc(CN)c1. The van der Waals surface area contributed by atoms with Gasteiger partial charge < -0.3 is 10.8 Å². The maximum Gasteiger partial charge on any atom is 0.0841 e. The van der Waals surface area contributed by atoms with Crippen LogP contribution in [0, 0.1) is 0 Å². The van der Waals surface area contributed by atoms with Gasteiger partial charge in [-0.2, -0.15) is 0 Å². The first-order chi connectivity index (χ1) is 5.54. The minimum absolute atomic E-state index is 0.407. The highest BCUT2D eigenvalue weighted by Crippen LogP contribution is 2.18. The Balaban J connectivity index is 3.02. The van der Waals surface area contributed by atoms with E-state index in [1.54, 1.807) is 26.1 Å². The van der Waals surface area contributed by atoms with Gasteiger partial charge in [0.25, 0.3) is 0 Å². The normalized spacial score (nSPS) is 11.7. The third-order valence-electron chi connectivity index (χ3n) is 1.73. The van der Waals surface area contributed by atoms with Gasteiger partial charge >= 0.3 is 0 Å². The Hall–Kier alpha value is -0.930. The second-order valence-corrected chi connectivity index (χ2v) is 3.30. The van der Waals surface area contributed by atoms with Crippen LogP contribution in [0.3, 0.4) is 0 Å². The number of pyridine rings is 1. The van der Waals surface area contributed by atoms with Crippen LogP contribution >= 0.6 is 0 Å². The van der Waals surface area contributed by atoms with Crippen LogP contribution in [-0.4, -0.2) is 10.1 Å². The van der Waals surface area contributed by atoms with E-state index in [0.717, 1.165) is 11.3 Å². The molecule has 0 aliphatic carbocycles. The second-order valence-electron chi connectivity index (χ2n) is 3.30. The van der Waals surface area contributed by atoms with Gasteiger partial charge in [0.2, 0.25) is 0 Å². The molecule has 12 heavy (non-hydrogen) atoms. The molecule has 0 atom stereocenters. The van der Waals surface area contributed by atoms with Crippen molar-refractivity contribution in [1.29, 1.82) is 0 Å². The lowest BCUT2D eigenvalue weighted by molar-refractivity contribution is 0.0784. The smallest absolute Gasteiger partial charge is 0.0841 e. The minimum Gasteiger partial charge on any atom is -0.386 e. The molecule has 3 N–H and O–H groups in total. The van der Waals surface area contributed by atoms with Crippen LogP contribution in [0.25, 0.3) is 0 Å². The molecule has 0 amide bonds. The van der Waals surface area contributed by atoms with Crippen LogP contribution in [0.15, 0.2) is 18.3 Å². The predicted octanol–water partition coefficient (Wildman–Crippen LogP) is 0.768. The molecule has 1 rings (SSSR count). The van der Waals surface area contributed by atoms with Crippen LogP contribution in [0.5, 0.6) is 0 Å².